The topological polar surface area (TPSA) is 24.4 Å². The molecule has 1 unspecified atom stereocenters. The second-order valence-electron chi connectivity index (χ2n) is 6.50. The Morgan fingerprint density at radius 1 is 0.955 bits per heavy atom. The largest absolute Gasteiger partial charge is 0.374 e. The molecule has 0 saturated heterocycles. The lowest BCUT2D eigenvalue weighted by Gasteiger charge is -2.12. The predicted octanol–water partition coefficient (Wildman–Crippen LogP) is 5.50. The second-order valence-corrected chi connectivity index (χ2v) is 9.33. The zero-order valence-corrected chi connectivity index (χ0v) is 16.7. The van der Waals surface area contributed by atoms with E-state index in [0.717, 1.165) is 19.1 Å². The van der Waals surface area contributed by atoms with Gasteiger partial charge in [0.25, 0.3) is 0 Å². The Balaban J connectivity index is 3.94. The van der Waals surface area contributed by atoms with Crippen LogP contribution in [0.3, 0.4) is 0 Å². The minimum atomic E-state index is -0.809. The Kier molecular flexibility index (Phi) is 16.4. The van der Waals surface area contributed by atoms with E-state index in [9.17, 15) is 0 Å². The molecule has 3 heteroatoms. The molecule has 0 heterocycles. The summed E-state index contributed by atoms with van der Waals surface area (Å²) in [6, 6.07) is 1.15. The van der Waals surface area contributed by atoms with Crippen molar-refractivity contribution in [3.63, 3.8) is 0 Å². The molecular weight excluding hydrogens is 284 g/mol. The van der Waals surface area contributed by atoms with Gasteiger partial charge in [-0.1, -0.05) is 71.8 Å². The molecule has 0 aliphatic rings. The fraction of sp³-hybridized carbons (Fsp3) is 0.842. The van der Waals surface area contributed by atoms with Crippen LogP contribution >= 0.6 is 0 Å². The summed E-state index contributed by atoms with van der Waals surface area (Å²) >= 11 is 0. The Hall–Kier alpha value is -0.573. The van der Waals surface area contributed by atoms with E-state index < -0.39 is 8.80 Å². The number of amidine groups is 1. The molecule has 0 spiro atoms. The lowest BCUT2D eigenvalue weighted by Crippen LogP contribution is -2.28. The van der Waals surface area contributed by atoms with Gasteiger partial charge < -0.3 is 5.32 Å². The molecule has 0 radical (unpaired) electrons. The molecule has 0 rings (SSSR count). The van der Waals surface area contributed by atoms with E-state index in [2.05, 4.69) is 38.0 Å². The maximum atomic E-state index is 4.84. The molecule has 0 bridgehead atoms. The van der Waals surface area contributed by atoms with Crippen molar-refractivity contribution in [3.05, 3.63) is 12.3 Å². The van der Waals surface area contributed by atoms with Crippen LogP contribution in [-0.2, 0) is 0 Å². The van der Waals surface area contributed by atoms with Crippen molar-refractivity contribution in [1.82, 2.24) is 5.32 Å². The number of aliphatic imine (C=N–C) groups is 1. The number of unbranched alkanes of at least 4 members (excludes halogenated alkanes) is 8. The highest BCUT2D eigenvalue weighted by molar-refractivity contribution is 6.66. The highest BCUT2D eigenvalue weighted by Gasteiger charge is 2.05. The van der Waals surface area contributed by atoms with Crippen molar-refractivity contribution < 1.29 is 0 Å². The SMILES string of the molecule is C=C[SiH](C)CC(=NCCCCCCC)NCCCCCCC. The standard InChI is InChI=1S/C19H40N2Si/c1-5-8-10-12-14-16-20-19(18-22(4)7-3)21-17-15-13-11-9-6-2/h7,22H,3,5-6,8-18H2,1-2,4H3,(H,20,21). The first-order valence-electron chi connectivity index (χ1n) is 9.64. The first-order chi connectivity index (χ1) is 10.7. The van der Waals surface area contributed by atoms with Crippen LogP contribution in [0.25, 0.3) is 0 Å². The summed E-state index contributed by atoms with van der Waals surface area (Å²) < 4.78 is 0. The maximum Gasteiger partial charge on any atom is 0.0936 e. The van der Waals surface area contributed by atoms with Crippen LogP contribution in [0.5, 0.6) is 0 Å². The van der Waals surface area contributed by atoms with Crippen molar-refractivity contribution in [2.45, 2.75) is 90.6 Å². The predicted molar refractivity (Wildman–Crippen MR) is 106 cm³/mol. The van der Waals surface area contributed by atoms with Gasteiger partial charge in [0, 0.05) is 19.1 Å². The molecule has 0 aromatic rings. The fourth-order valence-electron chi connectivity index (χ4n) is 2.47. The van der Waals surface area contributed by atoms with Crippen molar-refractivity contribution in [3.8, 4) is 0 Å². The number of nitrogens with zero attached hydrogens (tertiary/aromatic N) is 1. The molecular formula is C19H40N2Si. The van der Waals surface area contributed by atoms with Gasteiger partial charge in [-0.25, -0.2) is 0 Å². The smallest absolute Gasteiger partial charge is 0.0936 e. The summed E-state index contributed by atoms with van der Waals surface area (Å²) in [6.07, 6.45) is 13.3. The lowest BCUT2D eigenvalue weighted by molar-refractivity contribution is 0.621. The Morgan fingerprint density at radius 2 is 1.55 bits per heavy atom. The summed E-state index contributed by atoms with van der Waals surface area (Å²) in [4.78, 5) is 4.84. The number of rotatable bonds is 15. The number of nitrogens with one attached hydrogen (secondary N) is 1. The van der Waals surface area contributed by atoms with Gasteiger partial charge in [0.1, 0.15) is 0 Å². The maximum absolute atomic E-state index is 4.84. The average molecular weight is 325 g/mol. The van der Waals surface area contributed by atoms with Gasteiger partial charge in [-0.15, -0.1) is 12.3 Å². The zero-order chi connectivity index (χ0) is 16.5. The van der Waals surface area contributed by atoms with Crippen LogP contribution in [0.15, 0.2) is 17.3 Å². The van der Waals surface area contributed by atoms with E-state index in [0.29, 0.717) is 0 Å². The molecule has 0 aliphatic carbocycles. The molecule has 0 amide bonds. The Bertz CT molecular complexity index is 277. The summed E-state index contributed by atoms with van der Waals surface area (Å²) in [5.74, 6) is 1.25. The van der Waals surface area contributed by atoms with Crippen LogP contribution in [0.4, 0.5) is 0 Å². The van der Waals surface area contributed by atoms with Gasteiger partial charge in [0.15, 0.2) is 0 Å². The molecule has 0 aliphatic heterocycles. The monoisotopic (exact) mass is 324 g/mol. The van der Waals surface area contributed by atoms with Gasteiger partial charge in [-0.2, -0.15) is 0 Å². The third kappa shape index (κ3) is 14.4. The van der Waals surface area contributed by atoms with E-state index in [1.165, 1.54) is 70.0 Å². The highest BCUT2D eigenvalue weighted by atomic mass is 28.3. The zero-order valence-electron chi connectivity index (χ0n) is 15.5. The van der Waals surface area contributed by atoms with Gasteiger partial charge in [0.05, 0.1) is 14.6 Å². The molecule has 0 fully saturated rings. The minimum absolute atomic E-state index is 0.809. The van der Waals surface area contributed by atoms with Crippen molar-refractivity contribution in [1.29, 1.82) is 0 Å². The first kappa shape index (κ1) is 21.4. The Labute approximate surface area is 141 Å². The van der Waals surface area contributed by atoms with Crippen LogP contribution < -0.4 is 5.32 Å². The number of hydrogen-bond donors (Lipinski definition) is 1. The highest BCUT2D eigenvalue weighted by Crippen LogP contribution is 2.04. The van der Waals surface area contributed by atoms with Crippen molar-refractivity contribution in [2.24, 2.45) is 4.99 Å². The molecule has 0 aromatic heterocycles. The van der Waals surface area contributed by atoms with Crippen molar-refractivity contribution >= 4 is 14.6 Å². The van der Waals surface area contributed by atoms with Crippen LogP contribution in [0.1, 0.15) is 78.1 Å². The van der Waals surface area contributed by atoms with E-state index in [4.69, 9.17) is 4.99 Å². The van der Waals surface area contributed by atoms with Crippen molar-refractivity contribution in [2.75, 3.05) is 13.1 Å². The minimum Gasteiger partial charge on any atom is -0.374 e. The molecule has 130 valence electrons. The van der Waals surface area contributed by atoms with E-state index in [1.807, 2.05) is 0 Å². The Morgan fingerprint density at radius 3 is 2.14 bits per heavy atom. The van der Waals surface area contributed by atoms with Gasteiger partial charge in [-0.05, 0) is 12.8 Å². The second kappa shape index (κ2) is 16.8. The third-order valence-corrected chi connectivity index (χ3v) is 5.93. The van der Waals surface area contributed by atoms with Gasteiger partial charge >= 0.3 is 0 Å². The average Bonchev–Trinajstić information content (AvgIpc) is 2.53. The van der Waals surface area contributed by atoms with Crippen LogP contribution in [0, 0.1) is 0 Å². The summed E-state index contributed by atoms with van der Waals surface area (Å²) in [5, 5.41) is 3.60. The van der Waals surface area contributed by atoms with E-state index in [-0.39, 0.29) is 0 Å². The van der Waals surface area contributed by atoms with Crippen LogP contribution in [0.2, 0.25) is 12.6 Å². The quantitative estimate of drug-likeness (QED) is 0.183. The van der Waals surface area contributed by atoms with E-state index >= 15 is 0 Å². The fourth-order valence-corrected chi connectivity index (χ4v) is 3.52. The van der Waals surface area contributed by atoms with Gasteiger partial charge in [0.2, 0.25) is 0 Å². The lowest BCUT2D eigenvalue weighted by atomic mass is 10.1. The first-order valence-corrected chi connectivity index (χ1v) is 12.3. The van der Waals surface area contributed by atoms with E-state index in [1.54, 1.807) is 0 Å². The molecule has 2 nitrogen and oxygen atoms in total. The molecule has 22 heavy (non-hydrogen) atoms. The molecule has 1 atom stereocenters. The molecule has 1 N–H and O–H groups in total. The molecule has 0 aromatic carbocycles. The third-order valence-electron chi connectivity index (χ3n) is 4.09. The normalized spacial score (nSPS) is 13.1. The van der Waals surface area contributed by atoms with Gasteiger partial charge in [-0.3, -0.25) is 4.99 Å². The summed E-state index contributed by atoms with van der Waals surface area (Å²) in [7, 11) is -0.809. The number of hydrogen-bond acceptors (Lipinski definition) is 1. The van der Waals surface area contributed by atoms with Crippen LogP contribution in [-0.4, -0.2) is 27.7 Å². The molecule has 0 saturated carbocycles. The summed E-state index contributed by atoms with van der Waals surface area (Å²) in [5.41, 5.74) is 2.17. The summed E-state index contributed by atoms with van der Waals surface area (Å²) in [6.45, 7) is 12.9.